The molecular formula is C18H25N3O2. The third-order valence-corrected chi connectivity index (χ3v) is 6.54. The van der Waals surface area contributed by atoms with Crippen LogP contribution in [-0.2, 0) is 7.05 Å². The fourth-order valence-electron chi connectivity index (χ4n) is 5.76. The number of nitrogens with zero attached hydrogens (tertiary/aromatic N) is 2. The maximum atomic E-state index is 12.5. The van der Waals surface area contributed by atoms with Crippen molar-refractivity contribution in [3.63, 3.8) is 0 Å². The summed E-state index contributed by atoms with van der Waals surface area (Å²) >= 11 is 0. The average Bonchev–Trinajstić information content (AvgIpc) is 2.48. The molecule has 0 spiro atoms. The molecule has 0 aromatic carbocycles. The van der Waals surface area contributed by atoms with E-state index in [0.717, 1.165) is 17.8 Å². The minimum atomic E-state index is -0.198. The number of nitrogens with one attached hydrogen (secondary N) is 1. The fourth-order valence-corrected chi connectivity index (χ4v) is 5.76. The summed E-state index contributed by atoms with van der Waals surface area (Å²) in [7, 11) is 1.57. The lowest BCUT2D eigenvalue weighted by Gasteiger charge is -2.59. The van der Waals surface area contributed by atoms with E-state index in [4.69, 9.17) is 0 Å². The van der Waals surface area contributed by atoms with Gasteiger partial charge in [-0.2, -0.15) is 5.10 Å². The van der Waals surface area contributed by atoms with Crippen LogP contribution in [0.5, 0.6) is 0 Å². The Morgan fingerprint density at radius 1 is 1.22 bits per heavy atom. The molecule has 1 heterocycles. The Hall–Kier alpha value is -1.65. The SMILES string of the molecule is CC(NC(=O)c1ccc(=O)n(C)n1)C12CC3CC(CC(C3)C1)C2. The zero-order valence-electron chi connectivity index (χ0n) is 13.9. The third-order valence-electron chi connectivity index (χ3n) is 6.54. The van der Waals surface area contributed by atoms with E-state index < -0.39 is 0 Å². The molecule has 4 fully saturated rings. The zero-order valence-corrected chi connectivity index (χ0v) is 13.9. The summed E-state index contributed by atoms with van der Waals surface area (Å²) in [5.41, 5.74) is 0.407. The summed E-state index contributed by atoms with van der Waals surface area (Å²) in [5, 5.41) is 7.25. The second-order valence-corrected chi connectivity index (χ2v) is 8.16. The lowest BCUT2D eigenvalue weighted by molar-refractivity contribution is -0.0688. The molecule has 0 saturated heterocycles. The van der Waals surface area contributed by atoms with Crippen molar-refractivity contribution in [3.8, 4) is 0 Å². The Labute approximate surface area is 136 Å². The molecule has 1 aromatic rings. The zero-order chi connectivity index (χ0) is 16.2. The molecule has 1 aromatic heterocycles. The molecule has 4 saturated carbocycles. The molecule has 124 valence electrons. The van der Waals surface area contributed by atoms with E-state index in [1.54, 1.807) is 7.05 Å². The molecule has 0 aliphatic heterocycles. The molecule has 23 heavy (non-hydrogen) atoms. The van der Waals surface area contributed by atoms with Crippen LogP contribution in [-0.4, -0.2) is 21.7 Å². The normalized spacial score (nSPS) is 36.0. The van der Waals surface area contributed by atoms with Crippen LogP contribution in [0.4, 0.5) is 0 Å². The first-order valence-electron chi connectivity index (χ1n) is 8.80. The van der Waals surface area contributed by atoms with Gasteiger partial charge in [-0.05, 0) is 74.7 Å². The van der Waals surface area contributed by atoms with Crippen LogP contribution in [0.15, 0.2) is 16.9 Å². The average molecular weight is 315 g/mol. The molecule has 1 atom stereocenters. The van der Waals surface area contributed by atoms with Gasteiger partial charge in [0.2, 0.25) is 0 Å². The molecule has 5 heteroatoms. The predicted octanol–water partition coefficient (Wildman–Crippen LogP) is 2.11. The van der Waals surface area contributed by atoms with E-state index in [1.807, 2.05) is 0 Å². The molecule has 4 aliphatic carbocycles. The van der Waals surface area contributed by atoms with Crippen LogP contribution < -0.4 is 10.9 Å². The third kappa shape index (κ3) is 2.50. The molecule has 4 aliphatic rings. The maximum absolute atomic E-state index is 12.5. The molecule has 4 bridgehead atoms. The van der Waals surface area contributed by atoms with Crippen LogP contribution >= 0.6 is 0 Å². The van der Waals surface area contributed by atoms with E-state index >= 15 is 0 Å². The minimum Gasteiger partial charge on any atom is -0.348 e. The number of carbonyl (C=O) groups excluding carboxylic acids is 1. The van der Waals surface area contributed by atoms with Gasteiger partial charge in [0.15, 0.2) is 0 Å². The standard InChI is InChI=1S/C18H25N3O2/c1-11(19-17(23)15-3-4-16(22)21(2)20-15)18-8-12-5-13(9-18)7-14(6-12)10-18/h3-4,11-14H,5-10H2,1-2H3,(H,19,23). The quantitative estimate of drug-likeness (QED) is 0.929. The van der Waals surface area contributed by atoms with E-state index in [1.165, 1.54) is 55.3 Å². The highest BCUT2D eigenvalue weighted by molar-refractivity contribution is 5.92. The number of aryl methyl sites for hydroxylation is 1. The molecule has 5 rings (SSSR count). The first kappa shape index (κ1) is 14.9. The Bertz CT molecular complexity index is 658. The van der Waals surface area contributed by atoms with Gasteiger partial charge in [0.05, 0.1) is 0 Å². The van der Waals surface area contributed by atoms with E-state index in [-0.39, 0.29) is 22.9 Å². The lowest BCUT2D eigenvalue weighted by atomic mass is 9.48. The van der Waals surface area contributed by atoms with Crippen LogP contribution in [0.25, 0.3) is 0 Å². The Morgan fingerprint density at radius 2 is 1.78 bits per heavy atom. The Kier molecular flexibility index (Phi) is 3.36. The number of aromatic nitrogens is 2. The monoisotopic (exact) mass is 315 g/mol. The van der Waals surface area contributed by atoms with Gasteiger partial charge in [-0.1, -0.05) is 0 Å². The van der Waals surface area contributed by atoms with E-state index in [2.05, 4.69) is 17.3 Å². The number of hydrogen-bond acceptors (Lipinski definition) is 3. The first-order chi connectivity index (χ1) is 10.9. The highest BCUT2D eigenvalue weighted by Gasteiger charge is 2.53. The number of carbonyl (C=O) groups is 1. The van der Waals surface area contributed by atoms with E-state index in [0.29, 0.717) is 5.69 Å². The van der Waals surface area contributed by atoms with Crippen molar-refractivity contribution in [2.75, 3.05) is 0 Å². The summed E-state index contributed by atoms with van der Waals surface area (Å²) in [6.45, 7) is 2.16. The van der Waals surface area contributed by atoms with Gasteiger partial charge in [-0.15, -0.1) is 0 Å². The van der Waals surface area contributed by atoms with Crippen LogP contribution in [0.3, 0.4) is 0 Å². The van der Waals surface area contributed by atoms with Crippen molar-refractivity contribution in [1.29, 1.82) is 0 Å². The van der Waals surface area contributed by atoms with Gasteiger partial charge in [0.1, 0.15) is 5.69 Å². The minimum absolute atomic E-state index is 0.163. The smallest absolute Gasteiger partial charge is 0.271 e. The topological polar surface area (TPSA) is 64.0 Å². The molecule has 1 amide bonds. The molecule has 1 unspecified atom stereocenters. The van der Waals surface area contributed by atoms with Crippen molar-refractivity contribution in [2.45, 2.75) is 51.5 Å². The second kappa shape index (κ2) is 5.18. The molecule has 5 nitrogen and oxygen atoms in total. The van der Waals surface area contributed by atoms with Crippen molar-refractivity contribution in [2.24, 2.45) is 30.2 Å². The molecule has 0 radical (unpaired) electrons. The van der Waals surface area contributed by atoms with Crippen molar-refractivity contribution < 1.29 is 4.79 Å². The van der Waals surface area contributed by atoms with Gasteiger partial charge in [-0.25, -0.2) is 4.68 Å². The molecular weight excluding hydrogens is 290 g/mol. The highest BCUT2D eigenvalue weighted by Crippen LogP contribution is 2.61. The van der Waals surface area contributed by atoms with Crippen molar-refractivity contribution in [3.05, 3.63) is 28.2 Å². The van der Waals surface area contributed by atoms with Crippen LogP contribution in [0.1, 0.15) is 55.9 Å². The van der Waals surface area contributed by atoms with Gasteiger partial charge in [0.25, 0.3) is 11.5 Å². The van der Waals surface area contributed by atoms with Crippen LogP contribution in [0.2, 0.25) is 0 Å². The van der Waals surface area contributed by atoms with Crippen molar-refractivity contribution in [1.82, 2.24) is 15.1 Å². The summed E-state index contributed by atoms with van der Waals surface area (Å²) < 4.78 is 1.21. The maximum Gasteiger partial charge on any atom is 0.271 e. The largest absolute Gasteiger partial charge is 0.348 e. The predicted molar refractivity (Wildman–Crippen MR) is 87.0 cm³/mol. The lowest BCUT2D eigenvalue weighted by Crippen LogP contribution is -2.55. The van der Waals surface area contributed by atoms with Gasteiger partial charge >= 0.3 is 0 Å². The Balaban J connectivity index is 1.51. The number of rotatable bonds is 3. The highest BCUT2D eigenvalue weighted by atomic mass is 16.2. The summed E-state index contributed by atoms with van der Waals surface area (Å²) in [4.78, 5) is 23.9. The number of amides is 1. The van der Waals surface area contributed by atoms with Gasteiger partial charge < -0.3 is 5.32 Å². The molecule has 1 N–H and O–H groups in total. The summed E-state index contributed by atoms with van der Waals surface area (Å²) in [6, 6.07) is 3.09. The first-order valence-corrected chi connectivity index (χ1v) is 8.80. The van der Waals surface area contributed by atoms with E-state index in [9.17, 15) is 9.59 Å². The number of hydrogen-bond donors (Lipinski definition) is 1. The van der Waals surface area contributed by atoms with Crippen molar-refractivity contribution >= 4 is 5.91 Å². The summed E-state index contributed by atoms with van der Waals surface area (Å²) in [6.07, 6.45) is 8.01. The second-order valence-electron chi connectivity index (χ2n) is 8.16. The Morgan fingerprint density at radius 3 is 2.30 bits per heavy atom. The fraction of sp³-hybridized carbons (Fsp3) is 0.722. The summed E-state index contributed by atoms with van der Waals surface area (Å²) in [5.74, 6) is 2.45. The van der Waals surface area contributed by atoms with Gasteiger partial charge in [-0.3, -0.25) is 9.59 Å². The van der Waals surface area contributed by atoms with Gasteiger partial charge in [0, 0.05) is 19.2 Å². The van der Waals surface area contributed by atoms with Crippen LogP contribution in [0, 0.1) is 23.2 Å².